The van der Waals surface area contributed by atoms with Crippen LogP contribution in [0.3, 0.4) is 0 Å². The maximum absolute atomic E-state index is 13.8. The first-order valence-corrected chi connectivity index (χ1v) is 14.6. The Kier molecular flexibility index (Phi) is 7.34. The highest BCUT2D eigenvalue weighted by atomic mass is 35.5. The van der Waals surface area contributed by atoms with Crippen LogP contribution in [0.15, 0.2) is 90.6 Å². The van der Waals surface area contributed by atoms with E-state index >= 15 is 0 Å². The number of hydrogen-bond donors (Lipinski definition) is 0. The molecule has 0 saturated heterocycles. The van der Waals surface area contributed by atoms with Crippen LogP contribution in [0.25, 0.3) is 28.7 Å². The Morgan fingerprint density at radius 1 is 0.927 bits per heavy atom. The lowest BCUT2D eigenvalue weighted by Gasteiger charge is -2.22. The van der Waals surface area contributed by atoms with Crippen molar-refractivity contribution in [2.24, 2.45) is 4.99 Å². The van der Waals surface area contributed by atoms with Gasteiger partial charge in [-0.25, -0.2) is 4.99 Å². The molecule has 0 fully saturated rings. The molecule has 0 amide bonds. The highest BCUT2D eigenvalue weighted by Gasteiger charge is 2.33. The predicted molar refractivity (Wildman–Crippen MR) is 163 cm³/mol. The zero-order valence-electron chi connectivity index (χ0n) is 21.4. The van der Waals surface area contributed by atoms with E-state index in [-0.39, 0.29) is 11.3 Å². The number of Topliss-reactive ketones (excluding diaryl/α,β-unsaturated/α-hetero) is 1. The van der Waals surface area contributed by atoms with Gasteiger partial charge in [0.25, 0.3) is 5.56 Å². The number of hydrogen-bond acceptors (Lipinski definition) is 6. The van der Waals surface area contributed by atoms with E-state index in [1.165, 1.54) is 22.8 Å². The molecule has 0 radical (unpaired) electrons. The average molecular weight is 644 g/mol. The highest BCUT2D eigenvalue weighted by Crippen LogP contribution is 2.36. The van der Waals surface area contributed by atoms with E-state index in [9.17, 15) is 9.59 Å². The van der Waals surface area contributed by atoms with Crippen molar-refractivity contribution < 1.29 is 13.6 Å². The number of rotatable bonds is 5. The van der Waals surface area contributed by atoms with Crippen LogP contribution in [0.1, 0.15) is 31.4 Å². The Balaban J connectivity index is 1.45. The van der Waals surface area contributed by atoms with Crippen LogP contribution in [-0.4, -0.2) is 10.4 Å². The van der Waals surface area contributed by atoms with E-state index in [0.717, 1.165) is 0 Å². The van der Waals surface area contributed by atoms with Gasteiger partial charge >= 0.3 is 0 Å². The molecule has 0 bridgehead atoms. The molecule has 6 nitrogen and oxygen atoms in total. The van der Waals surface area contributed by atoms with Crippen molar-refractivity contribution in [1.82, 2.24) is 4.57 Å². The largest absolute Gasteiger partial charge is 0.458 e. The number of thiazole rings is 1. The molecule has 4 heterocycles. The summed E-state index contributed by atoms with van der Waals surface area (Å²) in [4.78, 5) is 31.6. The van der Waals surface area contributed by atoms with E-state index < -0.39 is 6.04 Å². The summed E-state index contributed by atoms with van der Waals surface area (Å²) >= 11 is 25.8. The van der Waals surface area contributed by atoms with Gasteiger partial charge in [-0.2, -0.15) is 0 Å². The van der Waals surface area contributed by atoms with Crippen LogP contribution in [0, 0.1) is 0 Å². The molecule has 5 aromatic rings. The summed E-state index contributed by atoms with van der Waals surface area (Å²) in [5.74, 6) is 1.70. The SMILES string of the molecule is CC(=O)C1=C(C)N=c2s/c(=C/c3ccc(-c4ccc(Cl)cc4Cl)o3)c(=O)n2[C@H]1c1ccc(-c2ccc(Cl)c(Cl)c2)o1. The molecule has 1 aliphatic heterocycles. The summed E-state index contributed by atoms with van der Waals surface area (Å²) in [7, 11) is 0. The second-order valence-electron chi connectivity index (χ2n) is 9.30. The van der Waals surface area contributed by atoms with Crippen molar-refractivity contribution in [2.75, 3.05) is 0 Å². The van der Waals surface area contributed by atoms with Crippen molar-refractivity contribution in [3.63, 3.8) is 0 Å². The first-order valence-electron chi connectivity index (χ1n) is 12.2. The fourth-order valence-corrected chi connectivity index (χ4v) is 6.56. The van der Waals surface area contributed by atoms with Crippen LogP contribution in [0.4, 0.5) is 0 Å². The van der Waals surface area contributed by atoms with Crippen LogP contribution in [0.2, 0.25) is 20.1 Å². The quantitative estimate of drug-likeness (QED) is 0.195. The van der Waals surface area contributed by atoms with Gasteiger partial charge in [0.1, 0.15) is 29.1 Å². The summed E-state index contributed by atoms with van der Waals surface area (Å²) in [6, 6.07) is 16.5. The lowest BCUT2D eigenvalue weighted by molar-refractivity contribution is -0.114. The molecule has 0 spiro atoms. The first-order chi connectivity index (χ1) is 19.6. The van der Waals surface area contributed by atoms with E-state index in [1.54, 1.807) is 73.7 Å². The van der Waals surface area contributed by atoms with Crippen LogP contribution in [0.5, 0.6) is 0 Å². The van der Waals surface area contributed by atoms with Crippen LogP contribution >= 0.6 is 57.7 Å². The zero-order chi connectivity index (χ0) is 29.0. The van der Waals surface area contributed by atoms with Crippen molar-refractivity contribution >= 4 is 69.6 Å². The maximum Gasteiger partial charge on any atom is 0.271 e. The second-order valence-corrected chi connectivity index (χ2v) is 12.0. The van der Waals surface area contributed by atoms with Crippen LogP contribution in [-0.2, 0) is 4.79 Å². The average Bonchev–Trinajstić information content (AvgIpc) is 3.65. The molecule has 0 aliphatic carbocycles. The molecule has 6 rings (SSSR count). The molecule has 11 heteroatoms. The lowest BCUT2D eigenvalue weighted by atomic mass is 9.98. The number of fused-ring (bicyclic) bond motifs is 1. The van der Waals surface area contributed by atoms with E-state index in [2.05, 4.69) is 4.99 Å². The third kappa shape index (κ3) is 5.13. The number of furan rings is 2. The molecule has 0 saturated carbocycles. The lowest BCUT2D eigenvalue weighted by Crippen LogP contribution is -2.39. The number of ketones is 1. The number of nitrogens with zero attached hydrogens (tertiary/aromatic N) is 2. The minimum absolute atomic E-state index is 0.214. The molecule has 0 unspecified atom stereocenters. The van der Waals surface area contributed by atoms with Gasteiger partial charge in [-0.05, 0) is 74.5 Å². The minimum Gasteiger partial charge on any atom is -0.458 e. The van der Waals surface area contributed by atoms with Crippen LogP contribution < -0.4 is 14.9 Å². The number of allylic oxidation sites excluding steroid dienone is 2. The summed E-state index contributed by atoms with van der Waals surface area (Å²) in [6.07, 6.45) is 1.64. The zero-order valence-corrected chi connectivity index (χ0v) is 25.2. The standard InChI is InChI=1S/C30H18Cl4N2O4S/c1-14-27(15(2)37)28(25-10-9-23(40-25)16-3-7-20(32)22(34)11-16)36-29(38)26(41-30(36)35-14)13-18-5-8-24(39-18)19-6-4-17(31)12-21(19)33/h3-13,28H,1-2H3/b26-13+/t28-/m0/s1. The molecule has 2 aromatic carbocycles. The van der Waals surface area contributed by atoms with Crippen molar-refractivity contribution in [3.8, 4) is 22.6 Å². The Hall–Kier alpha value is -3.33. The van der Waals surface area contributed by atoms with E-state index in [1.807, 2.05) is 0 Å². The van der Waals surface area contributed by atoms with E-state index in [0.29, 0.717) is 74.9 Å². The molecule has 41 heavy (non-hydrogen) atoms. The fourth-order valence-electron chi connectivity index (χ4n) is 4.74. The molecule has 3 aromatic heterocycles. The number of halogens is 4. The third-order valence-corrected chi connectivity index (χ3v) is 8.87. The minimum atomic E-state index is -0.803. The Labute approximate surface area is 257 Å². The Morgan fingerprint density at radius 3 is 2.44 bits per heavy atom. The summed E-state index contributed by atoms with van der Waals surface area (Å²) < 4.78 is 14.1. The van der Waals surface area contributed by atoms with E-state index in [4.69, 9.17) is 55.2 Å². The summed E-state index contributed by atoms with van der Waals surface area (Å²) in [6.45, 7) is 3.20. The van der Waals surface area contributed by atoms with Gasteiger partial charge in [-0.3, -0.25) is 14.2 Å². The van der Waals surface area contributed by atoms with Gasteiger partial charge in [0, 0.05) is 33.5 Å². The van der Waals surface area contributed by atoms with Gasteiger partial charge in [-0.15, -0.1) is 0 Å². The normalized spacial score (nSPS) is 15.3. The van der Waals surface area contributed by atoms with Crippen molar-refractivity contribution in [1.29, 1.82) is 0 Å². The third-order valence-electron chi connectivity index (χ3n) is 6.60. The van der Waals surface area contributed by atoms with Crippen molar-refractivity contribution in [2.45, 2.75) is 19.9 Å². The van der Waals surface area contributed by atoms with Gasteiger partial charge in [0.05, 0.1) is 19.6 Å². The van der Waals surface area contributed by atoms with Gasteiger partial charge in [-0.1, -0.05) is 57.7 Å². The van der Waals surface area contributed by atoms with Gasteiger partial charge in [0.2, 0.25) is 0 Å². The number of benzene rings is 2. The van der Waals surface area contributed by atoms with Gasteiger partial charge in [0.15, 0.2) is 10.6 Å². The molecule has 1 atom stereocenters. The second kappa shape index (κ2) is 10.8. The first kappa shape index (κ1) is 27.8. The molecular formula is C30H18Cl4N2O4S. The topological polar surface area (TPSA) is 77.7 Å². The molecular weight excluding hydrogens is 626 g/mol. The summed E-state index contributed by atoms with van der Waals surface area (Å²) in [5.41, 5.74) is 1.93. The summed E-state index contributed by atoms with van der Waals surface area (Å²) in [5, 5.41) is 1.77. The number of carbonyl (C=O) groups excluding carboxylic acids is 1. The molecule has 0 N–H and O–H groups in total. The maximum atomic E-state index is 13.8. The number of carbonyl (C=O) groups is 1. The highest BCUT2D eigenvalue weighted by molar-refractivity contribution is 7.07. The monoisotopic (exact) mass is 642 g/mol. The molecule has 1 aliphatic rings. The predicted octanol–water partition coefficient (Wildman–Crippen LogP) is 7.96. The Bertz CT molecular complexity index is 2080. The smallest absolute Gasteiger partial charge is 0.271 e. The van der Waals surface area contributed by atoms with Gasteiger partial charge < -0.3 is 8.83 Å². The van der Waals surface area contributed by atoms with Crippen molar-refractivity contribution in [3.05, 3.63) is 123 Å². The molecule has 206 valence electrons. The number of aromatic nitrogens is 1. The Morgan fingerprint density at radius 2 is 1.71 bits per heavy atom. The fraction of sp³-hybridized carbons (Fsp3) is 0.100.